The Bertz CT molecular complexity index is 894. The minimum atomic E-state index is 0.0697. The summed E-state index contributed by atoms with van der Waals surface area (Å²) in [6, 6.07) is 9.90. The van der Waals surface area contributed by atoms with Gasteiger partial charge in [0.25, 0.3) is 0 Å². The highest BCUT2D eigenvalue weighted by Gasteiger charge is 2.18. The summed E-state index contributed by atoms with van der Waals surface area (Å²) in [5.74, 6) is 1.29. The Balaban J connectivity index is 1.10. The topological polar surface area (TPSA) is 74.2 Å². The predicted octanol–water partition coefficient (Wildman–Crippen LogP) is 2.51. The molecule has 1 aliphatic rings. The summed E-state index contributed by atoms with van der Waals surface area (Å²) < 4.78 is 2.11. The number of nitrogens with one attached hydrogen (secondary N) is 1. The van der Waals surface area contributed by atoms with Gasteiger partial charge in [0, 0.05) is 45.1 Å². The van der Waals surface area contributed by atoms with Gasteiger partial charge in [0.15, 0.2) is 4.34 Å². The van der Waals surface area contributed by atoms with E-state index in [0.29, 0.717) is 12.3 Å². The molecule has 4 rings (SSSR count). The van der Waals surface area contributed by atoms with E-state index in [1.54, 1.807) is 23.7 Å². The molecule has 0 saturated carbocycles. The molecular formula is C20H24N6OS2. The molecule has 1 amide bonds. The highest BCUT2D eigenvalue weighted by Crippen LogP contribution is 2.28. The fraction of sp³-hybridized carbons (Fsp3) is 0.400. The zero-order chi connectivity index (χ0) is 19.9. The Morgan fingerprint density at radius 1 is 1.10 bits per heavy atom. The van der Waals surface area contributed by atoms with Crippen LogP contribution in [0, 0.1) is 0 Å². The Morgan fingerprint density at radius 3 is 2.69 bits per heavy atom. The molecule has 1 aromatic carbocycles. The van der Waals surface area contributed by atoms with Gasteiger partial charge in [0.05, 0.1) is 16.0 Å². The second-order valence-electron chi connectivity index (χ2n) is 6.82. The SMILES string of the molecule is O=C(CSc1nc2ccccc2s1)NCCCN1CCN(c2ncccn2)CC1. The van der Waals surface area contributed by atoms with E-state index >= 15 is 0 Å². The number of rotatable bonds is 8. The van der Waals surface area contributed by atoms with Crippen molar-refractivity contribution in [1.29, 1.82) is 0 Å². The molecule has 3 heterocycles. The van der Waals surface area contributed by atoms with Crippen LogP contribution in [0.1, 0.15) is 6.42 Å². The van der Waals surface area contributed by atoms with Gasteiger partial charge in [-0.2, -0.15) is 0 Å². The molecule has 0 unspecified atom stereocenters. The van der Waals surface area contributed by atoms with Crippen molar-refractivity contribution in [2.45, 2.75) is 10.8 Å². The third-order valence-electron chi connectivity index (χ3n) is 4.78. The molecule has 7 nitrogen and oxygen atoms in total. The number of fused-ring (bicyclic) bond motifs is 1. The Hall–Kier alpha value is -2.23. The molecular weight excluding hydrogens is 404 g/mol. The first-order valence-corrected chi connectivity index (χ1v) is 11.6. The van der Waals surface area contributed by atoms with Gasteiger partial charge in [-0.1, -0.05) is 23.9 Å². The van der Waals surface area contributed by atoms with E-state index in [0.717, 1.165) is 59.6 Å². The average Bonchev–Trinajstić information content (AvgIpc) is 3.19. The lowest BCUT2D eigenvalue weighted by Gasteiger charge is -2.34. The second-order valence-corrected chi connectivity index (χ2v) is 9.07. The maximum Gasteiger partial charge on any atom is 0.230 e. The van der Waals surface area contributed by atoms with Crippen molar-refractivity contribution in [3.8, 4) is 0 Å². The van der Waals surface area contributed by atoms with Crippen molar-refractivity contribution in [1.82, 2.24) is 25.2 Å². The van der Waals surface area contributed by atoms with Crippen molar-refractivity contribution in [3.05, 3.63) is 42.7 Å². The van der Waals surface area contributed by atoms with Crippen molar-refractivity contribution in [2.75, 3.05) is 49.9 Å². The zero-order valence-corrected chi connectivity index (χ0v) is 17.8. The van der Waals surface area contributed by atoms with Crippen molar-refractivity contribution in [3.63, 3.8) is 0 Å². The highest BCUT2D eigenvalue weighted by atomic mass is 32.2. The van der Waals surface area contributed by atoms with Crippen molar-refractivity contribution < 1.29 is 4.79 Å². The maximum absolute atomic E-state index is 12.1. The van der Waals surface area contributed by atoms with E-state index in [1.807, 2.05) is 24.3 Å². The molecule has 1 fully saturated rings. The van der Waals surface area contributed by atoms with Gasteiger partial charge in [-0.05, 0) is 31.2 Å². The lowest BCUT2D eigenvalue weighted by atomic mass is 10.3. The number of benzene rings is 1. The summed E-state index contributed by atoms with van der Waals surface area (Å²) in [6.45, 7) is 5.58. The average molecular weight is 429 g/mol. The molecule has 0 aliphatic carbocycles. The molecule has 1 N–H and O–H groups in total. The summed E-state index contributed by atoms with van der Waals surface area (Å²) in [4.78, 5) is 29.9. The largest absolute Gasteiger partial charge is 0.355 e. The van der Waals surface area contributed by atoms with Gasteiger partial charge in [-0.3, -0.25) is 9.69 Å². The fourth-order valence-electron chi connectivity index (χ4n) is 3.25. The lowest BCUT2D eigenvalue weighted by molar-refractivity contribution is -0.118. The van der Waals surface area contributed by atoms with Crippen LogP contribution < -0.4 is 10.2 Å². The van der Waals surface area contributed by atoms with Crippen LogP contribution >= 0.6 is 23.1 Å². The van der Waals surface area contributed by atoms with Gasteiger partial charge in [0.1, 0.15) is 0 Å². The normalized spacial score (nSPS) is 15.0. The van der Waals surface area contributed by atoms with Crippen LogP contribution in [0.15, 0.2) is 47.1 Å². The van der Waals surface area contributed by atoms with E-state index in [2.05, 4.69) is 36.1 Å². The molecule has 1 aliphatic heterocycles. The number of aromatic nitrogens is 3. The molecule has 2 aromatic heterocycles. The van der Waals surface area contributed by atoms with E-state index in [9.17, 15) is 4.79 Å². The Morgan fingerprint density at radius 2 is 1.90 bits per heavy atom. The van der Waals surface area contributed by atoms with E-state index in [1.165, 1.54) is 11.8 Å². The number of amides is 1. The van der Waals surface area contributed by atoms with Crippen LogP contribution in [0.2, 0.25) is 0 Å². The summed E-state index contributed by atoms with van der Waals surface area (Å²) in [5.41, 5.74) is 0.999. The molecule has 0 spiro atoms. The number of nitrogens with zero attached hydrogens (tertiary/aromatic N) is 5. The summed E-state index contributed by atoms with van der Waals surface area (Å²) in [7, 11) is 0. The monoisotopic (exact) mass is 428 g/mol. The number of piperazine rings is 1. The predicted molar refractivity (Wildman–Crippen MR) is 119 cm³/mol. The van der Waals surface area contributed by atoms with Gasteiger partial charge in [-0.15, -0.1) is 11.3 Å². The van der Waals surface area contributed by atoms with Crippen LogP contribution in [0.3, 0.4) is 0 Å². The summed E-state index contributed by atoms with van der Waals surface area (Å²) >= 11 is 3.14. The third kappa shape index (κ3) is 5.65. The first-order valence-electron chi connectivity index (χ1n) is 9.77. The molecule has 9 heteroatoms. The molecule has 0 atom stereocenters. The van der Waals surface area contributed by atoms with E-state index in [-0.39, 0.29) is 5.91 Å². The number of thioether (sulfide) groups is 1. The van der Waals surface area contributed by atoms with Crippen LogP contribution in [0.25, 0.3) is 10.2 Å². The number of thiazole rings is 1. The number of hydrogen-bond acceptors (Lipinski definition) is 8. The standard InChI is InChI=1S/C20H24N6OS2/c27-18(15-28-20-24-16-5-1-2-6-17(16)29-20)21-9-4-10-25-11-13-26(14-12-25)19-22-7-3-8-23-19/h1-3,5-8H,4,9-15H2,(H,21,27). The minimum Gasteiger partial charge on any atom is -0.355 e. The number of hydrogen-bond donors (Lipinski definition) is 1. The summed E-state index contributed by atoms with van der Waals surface area (Å²) in [6.07, 6.45) is 4.53. The molecule has 1 saturated heterocycles. The Labute approximate surface area is 178 Å². The smallest absolute Gasteiger partial charge is 0.230 e. The first kappa shape index (κ1) is 20.1. The van der Waals surface area contributed by atoms with Crippen LogP contribution in [-0.4, -0.2) is 70.8 Å². The number of anilines is 1. The quantitative estimate of drug-likeness (QED) is 0.436. The van der Waals surface area contributed by atoms with Gasteiger partial charge < -0.3 is 10.2 Å². The maximum atomic E-state index is 12.1. The first-order chi connectivity index (χ1) is 14.3. The summed E-state index contributed by atoms with van der Waals surface area (Å²) in [5, 5.41) is 3.02. The van der Waals surface area contributed by atoms with Gasteiger partial charge in [0.2, 0.25) is 11.9 Å². The molecule has 0 radical (unpaired) electrons. The number of carbonyl (C=O) groups is 1. The van der Waals surface area contributed by atoms with Crippen LogP contribution in [-0.2, 0) is 4.79 Å². The van der Waals surface area contributed by atoms with Gasteiger partial charge in [-0.25, -0.2) is 15.0 Å². The van der Waals surface area contributed by atoms with E-state index in [4.69, 9.17) is 0 Å². The van der Waals surface area contributed by atoms with E-state index < -0.39 is 0 Å². The lowest BCUT2D eigenvalue weighted by Crippen LogP contribution is -2.47. The second kappa shape index (κ2) is 10.00. The molecule has 3 aromatic rings. The molecule has 0 bridgehead atoms. The van der Waals surface area contributed by atoms with Crippen LogP contribution in [0.5, 0.6) is 0 Å². The van der Waals surface area contributed by atoms with Crippen LogP contribution in [0.4, 0.5) is 5.95 Å². The molecule has 29 heavy (non-hydrogen) atoms. The third-order valence-corrected chi connectivity index (χ3v) is 6.96. The Kier molecular flexibility index (Phi) is 6.91. The van der Waals surface area contributed by atoms with Crippen molar-refractivity contribution >= 4 is 45.2 Å². The zero-order valence-electron chi connectivity index (χ0n) is 16.2. The molecule has 152 valence electrons. The minimum absolute atomic E-state index is 0.0697. The fourth-order valence-corrected chi connectivity index (χ4v) is 5.15. The highest BCUT2D eigenvalue weighted by molar-refractivity contribution is 8.01. The van der Waals surface area contributed by atoms with Crippen molar-refractivity contribution in [2.24, 2.45) is 0 Å². The van der Waals surface area contributed by atoms with Gasteiger partial charge >= 0.3 is 0 Å². The number of para-hydroxylation sites is 1. The number of carbonyl (C=O) groups excluding carboxylic acids is 1.